The quantitative estimate of drug-likeness (QED) is 0.441. The molecule has 10 nitrogen and oxygen atoms in total. The summed E-state index contributed by atoms with van der Waals surface area (Å²) in [4.78, 5) is 41.6. The van der Waals surface area contributed by atoms with Crippen molar-refractivity contribution in [2.45, 2.75) is 64.3 Å². The molecule has 3 rings (SSSR count). The van der Waals surface area contributed by atoms with E-state index in [1.165, 1.54) is 39.4 Å². The number of rotatable bonds is 8. The number of aromatic nitrogens is 3. The first-order chi connectivity index (χ1) is 16.3. The van der Waals surface area contributed by atoms with Gasteiger partial charge in [-0.3, -0.25) is 24.5 Å². The minimum absolute atomic E-state index is 0.156. The van der Waals surface area contributed by atoms with Gasteiger partial charge in [-0.15, -0.1) is 0 Å². The van der Waals surface area contributed by atoms with Crippen LogP contribution in [0.5, 0.6) is 0 Å². The second-order valence-corrected chi connectivity index (χ2v) is 9.64. The Bertz CT molecular complexity index is 1150. The van der Waals surface area contributed by atoms with Gasteiger partial charge in [0.2, 0.25) is 11.8 Å². The molecule has 0 aromatic carbocycles. The Balaban J connectivity index is 1.79. The normalized spacial score (nSPS) is 16.6. The van der Waals surface area contributed by atoms with Gasteiger partial charge in [0.05, 0.1) is 24.0 Å². The molecule has 2 heterocycles. The van der Waals surface area contributed by atoms with Crippen LogP contribution in [-0.4, -0.2) is 51.2 Å². The molecule has 0 aliphatic heterocycles. The van der Waals surface area contributed by atoms with Crippen molar-refractivity contribution in [2.75, 3.05) is 0 Å². The van der Waals surface area contributed by atoms with E-state index in [4.69, 9.17) is 0 Å². The number of pyridine rings is 1. The Morgan fingerprint density at radius 1 is 1.11 bits per heavy atom. The smallest absolute Gasteiger partial charge is 0.342 e. The number of carbonyl (C=O) groups is 3. The number of halogens is 3. The summed E-state index contributed by atoms with van der Waals surface area (Å²) in [5.41, 5.74) is -0.120. The van der Waals surface area contributed by atoms with Crippen LogP contribution in [0.3, 0.4) is 0 Å². The Labute approximate surface area is 199 Å². The fraction of sp³-hybridized carbons (Fsp3) is 0.545. The van der Waals surface area contributed by atoms with E-state index >= 15 is 0 Å². The summed E-state index contributed by atoms with van der Waals surface area (Å²) in [7, 11) is 0. The van der Waals surface area contributed by atoms with E-state index < -0.39 is 47.4 Å². The third-order valence-electron chi connectivity index (χ3n) is 5.68. The first kappa shape index (κ1) is 25.9. The van der Waals surface area contributed by atoms with Crippen molar-refractivity contribution >= 4 is 28.6 Å². The molecule has 2 aromatic rings. The van der Waals surface area contributed by atoms with Gasteiger partial charge in [0.1, 0.15) is 18.1 Å². The highest BCUT2D eigenvalue weighted by molar-refractivity contribution is 5.94. The van der Waals surface area contributed by atoms with Crippen LogP contribution in [0.25, 0.3) is 10.9 Å². The molecule has 1 fully saturated rings. The van der Waals surface area contributed by atoms with Gasteiger partial charge in [-0.2, -0.15) is 23.5 Å². The molecule has 1 saturated carbocycles. The molecule has 35 heavy (non-hydrogen) atoms. The number of aromatic amines is 1. The molecule has 2 aromatic heterocycles. The lowest BCUT2D eigenvalue weighted by atomic mass is 9.85. The zero-order valence-corrected chi connectivity index (χ0v) is 19.4. The van der Waals surface area contributed by atoms with E-state index in [2.05, 4.69) is 25.8 Å². The van der Waals surface area contributed by atoms with Crippen LogP contribution in [0.2, 0.25) is 0 Å². The van der Waals surface area contributed by atoms with Crippen LogP contribution < -0.4 is 16.0 Å². The molecule has 3 atom stereocenters. The van der Waals surface area contributed by atoms with Crippen LogP contribution >= 0.6 is 0 Å². The predicted octanol–water partition coefficient (Wildman–Crippen LogP) is 2.02. The molecule has 4 N–H and O–H groups in total. The van der Waals surface area contributed by atoms with Crippen molar-refractivity contribution in [3.05, 3.63) is 24.2 Å². The Morgan fingerprint density at radius 3 is 2.37 bits per heavy atom. The van der Waals surface area contributed by atoms with Gasteiger partial charge in [0, 0.05) is 17.1 Å². The molecule has 1 aliphatic rings. The van der Waals surface area contributed by atoms with E-state index in [0.717, 1.165) is 12.8 Å². The average Bonchev–Trinajstić information content (AvgIpc) is 3.45. The second kappa shape index (κ2) is 9.89. The second-order valence-electron chi connectivity index (χ2n) is 9.64. The van der Waals surface area contributed by atoms with Crippen LogP contribution in [0.1, 0.15) is 51.6 Å². The molecule has 0 radical (unpaired) electrons. The number of H-pyrrole nitrogens is 1. The monoisotopic (exact) mass is 493 g/mol. The number of hydrogen-bond donors (Lipinski definition) is 4. The first-order valence-corrected chi connectivity index (χ1v) is 11.0. The summed E-state index contributed by atoms with van der Waals surface area (Å²) < 4.78 is 38.4. The molecule has 0 bridgehead atoms. The number of nitriles is 1. The first-order valence-electron chi connectivity index (χ1n) is 11.0. The minimum Gasteiger partial charge on any atom is -0.342 e. The maximum Gasteiger partial charge on any atom is 0.471 e. The number of nitrogens with one attached hydrogen (secondary N) is 4. The Morgan fingerprint density at radius 2 is 1.80 bits per heavy atom. The Hall–Kier alpha value is -3.69. The van der Waals surface area contributed by atoms with Gasteiger partial charge < -0.3 is 16.0 Å². The van der Waals surface area contributed by atoms with Gasteiger partial charge in [-0.05, 0) is 17.8 Å². The number of nitrogens with zero attached hydrogens (tertiary/aromatic N) is 3. The van der Waals surface area contributed by atoms with Crippen LogP contribution in [0, 0.1) is 22.7 Å². The van der Waals surface area contributed by atoms with Crippen molar-refractivity contribution in [3.63, 3.8) is 0 Å². The van der Waals surface area contributed by atoms with Crippen molar-refractivity contribution in [2.24, 2.45) is 11.3 Å². The molecule has 1 aliphatic carbocycles. The summed E-state index contributed by atoms with van der Waals surface area (Å²) in [5, 5.41) is 23.7. The summed E-state index contributed by atoms with van der Waals surface area (Å²) >= 11 is 0. The molecule has 3 unspecified atom stereocenters. The van der Waals surface area contributed by atoms with Gasteiger partial charge in [0.25, 0.3) is 0 Å². The zero-order valence-electron chi connectivity index (χ0n) is 19.4. The molecule has 188 valence electrons. The molecular weight excluding hydrogens is 467 g/mol. The van der Waals surface area contributed by atoms with Crippen molar-refractivity contribution in [3.8, 4) is 6.07 Å². The minimum atomic E-state index is -5.17. The van der Waals surface area contributed by atoms with Crippen molar-refractivity contribution < 1.29 is 27.6 Å². The third-order valence-corrected chi connectivity index (χ3v) is 5.68. The van der Waals surface area contributed by atoms with Gasteiger partial charge in [-0.25, -0.2) is 0 Å². The van der Waals surface area contributed by atoms with Crippen LogP contribution in [-0.2, 0) is 14.4 Å². The largest absolute Gasteiger partial charge is 0.471 e. The highest BCUT2D eigenvalue weighted by Crippen LogP contribution is 2.34. The highest BCUT2D eigenvalue weighted by atomic mass is 19.4. The Kier molecular flexibility index (Phi) is 7.33. The van der Waals surface area contributed by atoms with Crippen molar-refractivity contribution in [1.82, 2.24) is 31.1 Å². The predicted molar refractivity (Wildman–Crippen MR) is 117 cm³/mol. The van der Waals surface area contributed by atoms with E-state index in [0.29, 0.717) is 16.5 Å². The average molecular weight is 493 g/mol. The van der Waals surface area contributed by atoms with Gasteiger partial charge in [-0.1, -0.05) is 33.6 Å². The van der Waals surface area contributed by atoms with E-state index in [9.17, 15) is 32.8 Å². The van der Waals surface area contributed by atoms with E-state index in [1.807, 2.05) is 6.07 Å². The molecule has 3 amide bonds. The fourth-order valence-corrected chi connectivity index (χ4v) is 3.60. The lowest BCUT2D eigenvalue weighted by molar-refractivity contribution is -0.175. The summed E-state index contributed by atoms with van der Waals surface area (Å²) in [6, 6.07) is -1.79. The standard InChI is InChI=1S/C22H26F3N7O3/c1-21(2,3)17(31-20(35)22(23,24)25)19(34)29-14(6-11-4-5-11)18(33)30-15(7-26)12-8-27-10-16-13(12)9-28-32-16/h8-11,14-15,17H,4-6H2,1-3H3,(H,28,32)(H,29,34)(H,30,33)(H,31,35). The maximum atomic E-state index is 13.1. The highest BCUT2D eigenvalue weighted by Gasteiger charge is 2.44. The number of amides is 3. The maximum absolute atomic E-state index is 13.1. The number of alkyl halides is 3. The summed E-state index contributed by atoms with van der Waals surface area (Å²) in [6.07, 6.45) is 1.18. The van der Waals surface area contributed by atoms with Gasteiger partial charge >= 0.3 is 12.1 Å². The van der Waals surface area contributed by atoms with Crippen LogP contribution in [0.4, 0.5) is 13.2 Å². The number of fused-ring (bicyclic) bond motifs is 1. The summed E-state index contributed by atoms with van der Waals surface area (Å²) in [5.74, 6) is -3.69. The SMILES string of the molecule is CC(C)(C)C(NC(=O)C(F)(F)F)C(=O)NC(CC1CC1)C(=O)NC(C#N)c1cncc2[nH]ncc12. The topological polar surface area (TPSA) is 153 Å². The molecule has 0 spiro atoms. The zero-order chi connectivity index (χ0) is 26.0. The summed E-state index contributed by atoms with van der Waals surface area (Å²) in [6.45, 7) is 4.48. The molecular formula is C22H26F3N7O3. The fourth-order valence-electron chi connectivity index (χ4n) is 3.60. The van der Waals surface area contributed by atoms with E-state index in [-0.39, 0.29) is 12.3 Å². The van der Waals surface area contributed by atoms with Crippen molar-refractivity contribution in [1.29, 1.82) is 5.26 Å². The number of carbonyl (C=O) groups excluding carboxylic acids is 3. The van der Waals surface area contributed by atoms with E-state index in [1.54, 1.807) is 5.32 Å². The molecule has 0 saturated heterocycles. The van der Waals surface area contributed by atoms with Gasteiger partial charge in [0.15, 0.2) is 0 Å². The lowest BCUT2D eigenvalue weighted by Gasteiger charge is -2.32. The van der Waals surface area contributed by atoms with Crippen LogP contribution in [0.15, 0.2) is 18.6 Å². The lowest BCUT2D eigenvalue weighted by Crippen LogP contribution is -2.59. The number of hydrogen-bond acceptors (Lipinski definition) is 6. The molecule has 13 heteroatoms. The third kappa shape index (κ3) is 6.46.